The number of nitrogens with zero attached hydrogens (tertiary/aromatic N) is 3. The lowest BCUT2D eigenvalue weighted by atomic mass is 10.2. The topological polar surface area (TPSA) is 101 Å². The molecule has 0 radical (unpaired) electrons. The Morgan fingerprint density at radius 2 is 1.71 bits per heavy atom. The summed E-state index contributed by atoms with van der Waals surface area (Å²) in [4.78, 5) is 20.9. The van der Waals surface area contributed by atoms with Crippen LogP contribution < -0.4 is 10.1 Å². The summed E-state index contributed by atoms with van der Waals surface area (Å²) in [6.45, 7) is 2.17. The molecule has 1 heterocycles. The first-order valence-electron chi connectivity index (χ1n) is 9.55. The van der Waals surface area contributed by atoms with Crippen LogP contribution in [0.4, 0.5) is 0 Å². The lowest BCUT2D eigenvalue weighted by Crippen LogP contribution is -2.28. The predicted octanol–water partition coefficient (Wildman–Crippen LogP) is 2.54. The van der Waals surface area contributed by atoms with Crippen LogP contribution in [0.3, 0.4) is 0 Å². The van der Waals surface area contributed by atoms with Gasteiger partial charge in [0.1, 0.15) is 11.6 Å². The van der Waals surface area contributed by atoms with Crippen molar-refractivity contribution in [2.24, 2.45) is 0 Å². The monoisotopic (exact) mass is 440 g/mol. The van der Waals surface area contributed by atoms with Crippen molar-refractivity contribution in [1.82, 2.24) is 19.6 Å². The average Bonchev–Trinajstić information content (AvgIpc) is 2.78. The molecule has 9 heteroatoms. The van der Waals surface area contributed by atoms with E-state index in [0.29, 0.717) is 18.1 Å². The van der Waals surface area contributed by atoms with Crippen LogP contribution in [0.25, 0.3) is 0 Å². The molecule has 3 rings (SSSR count). The Morgan fingerprint density at radius 1 is 1.06 bits per heavy atom. The second kappa shape index (κ2) is 9.67. The zero-order valence-corrected chi connectivity index (χ0v) is 18.4. The van der Waals surface area contributed by atoms with E-state index in [1.807, 2.05) is 31.2 Å². The van der Waals surface area contributed by atoms with Gasteiger partial charge in [0.15, 0.2) is 0 Å². The van der Waals surface area contributed by atoms with Crippen molar-refractivity contribution in [2.45, 2.75) is 24.9 Å². The second-order valence-electron chi connectivity index (χ2n) is 6.96. The number of nitrogens with one attached hydrogen (secondary N) is 1. The Balaban J connectivity index is 1.63. The van der Waals surface area contributed by atoms with Crippen molar-refractivity contribution in [3.8, 4) is 5.75 Å². The number of sulfonamides is 1. The average molecular weight is 441 g/mol. The fraction of sp³-hybridized carbons (Fsp3) is 0.227. The molecule has 0 fully saturated rings. The summed E-state index contributed by atoms with van der Waals surface area (Å²) < 4.78 is 31.8. The highest BCUT2D eigenvalue weighted by atomic mass is 32.2. The SMILES string of the molecule is COc1ccccc1CNC(=O)c1cnc(CN(C)S(=O)(=O)c2ccc(C)cc2)nc1. The standard InChI is InChI=1S/C22H24N4O4S/c1-16-8-10-19(11-9-16)31(28,29)26(2)15-21-23-13-18(14-24-21)22(27)25-12-17-6-4-5-7-20(17)30-3/h4-11,13-14H,12,15H2,1-3H3,(H,25,27). The molecule has 0 saturated carbocycles. The molecule has 0 aliphatic carbocycles. The van der Waals surface area contributed by atoms with E-state index in [1.165, 1.54) is 23.7 Å². The lowest BCUT2D eigenvalue weighted by Gasteiger charge is -2.16. The first-order valence-corrected chi connectivity index (χ1v) is 11.0. The molecule has 0 aliphatic heterocycles. The van der Waals surface area contributed by atoms with Gasteiger partial charge in [0.2, 0.25) is 10.0 Å². The molecule has 162 valence electrons. The molecule has 0 bridgehead atoms. The molecular formula is C22H24N4O4S. The summed E-state index contributed by atoms with van der Waals surface area (Å²) >= 11 is 0. The van der Waals surface area contributed by atoms with Crippen LogP contribution in [0.15, 0.2) is 65.8 Å². The molecule has 8 nitrogen and oxygen atoms in total. The number of amides is 1. The van der Waals surface area contributed by atoms with Crippen LogP contribution in [0.1, 0.15) is 27.3 Å². The Bertz CT molecular complexity index is 1150. The van der Waals surface area contributed by atoms with E-state index in [1.54, 1.807) is 31.4 Å². The van der Waals surface area contributed by atoms with Crippen molar-refractivity contribution in [3.05, 3.63) is 83.4 Å². The maximum Gasteiger partial charge on any atom is 0.254 e. The van der Waals surface area contributed by atoms with Gasteiger partial charge in [0, 0.05) is 31.5 Å². The number of aromatic nitrogens is 2. The fourth-order valence-corrected chi connectivity index (χ4v) is 3.98. The van der Waals surface area contributed by atoms with Crippen molar-refractivity contribution in [3.63, 3.8) is 0 Å². The number of hydrogen-bond donors (Lipinski definition) is 1. The molecule has 0 aliphatic rings. The molecule has 0 spiro atoms. The van der Waals surface area contributed by atoms with E-state index < -0.39 is 10.0 Å². The minimum absolute atomic E-state index is 0.0146. The Morgan fingerprint density at radius 3 is 2.35 bits per heavy atom. The van der Waals surface area contributed by atoms with E-state index in [-0.39, 0.29) is 22.9 Å². The molecule has 1 amide bonds. The summed E-state index contributed by atoms with van der Waals surface area (Å²) in [6, 6.07) is 14.0. The summed E-state index contributed by atoms with van der Waals surface area (Å²) in [6.07, 6.45) is 2.76. The second-order valence-corrected chi connectivity index (χ2v) is 9.00. The van der Waals surface area contributed by atoms with Gasteiger partial charge in [-0.1, -0.05) is 35.9 Å². The quantitative estimate of drug-likeness (QED) is 0.578. The van der Waals surface area contributed by atoms with Gasteiger partial charge in [-0.2, -0.15) is 4.31 Å². The first-order chi connectivity index (χ1) is 14.8. The highest BCUT2D eigenvalue weighted by Gasteiger charge is 2.21. The molecule has 0 saturated heterocycles. The van der Waals surface area contributed by atoms with Crippen molar-refractivity contribution in [1.29, 1.82) is 0 Å². The van der Waals surface area contributed by atoms with Gasteiger partial charge in [-0.15, -0.1) is 0 Å². The number of ether oxygens (including phenoxy) is 1. The number of rotatable bonds is 8. The van der Waals surface area contributed by atoms with Crippen LogP contribution in [-0.4, -0.2) is 42.8 Å². The Labute approximate surface area is 182 Å². The van der Waals surface area contributed by atoms with E-state index in [2.05, 4.69) is 15.3 Å². The molecule has 0 unspecified atom stereocenters. The van der Waals surface area contributed by atoms with Crippen LogP contribution >= 0.6 is 0 Å². The van der Waals surface area contributed by atoms with Gasteiger partial charge in [-0.05, 0) is 25.1 Å². The highest BCUT2D eigenvalue weighted by Crippen LogP contribution is 2.18. The number of hydrogen-bond acceptors (Lipinski definition) is 6. The lowest BCUT2D eigenvalue weighted by molar-refractivity contribution is 0.0950. The molecule has 1 aromatic heterocycles. The third-order valence-electron chi connectivity index (χ3n) is 4.69. The minimum atomic E-state index is -3.66. The summed E-state index contributed by atoms with van der Waals surface area (Å²) in [5.74, 6) is 0.643. The van der Waals surface area contributed by atoms with E-state index in [4.69, 9.17) is 4.74 Å². The summed E-state index contributed by atoms with van der Waals surface area (Å²) in [5, 5.41) is 2.80. The molecular weight excluding hydrogens is 416 g/mol. The van der Waals surface area contributed by atoms with Crippen molar-refractivity contribution in [2.75, 3.05) is 14.2 Å². The maximum atomic E-state index is 12.7. The normalized spacial score (nSPS) is 11.4. The zero-order valence-electron chi connectivity index (χ0n) is 17.6. The van der Waals surface area contributed by atoms with E-state index in [0.717, 1.165) is 11.1 Å². The minimum Gasteiger partial charge on any atom is -0.496 e. The Hall–Kier alpha value is -3.30. The van der Waals surface area contributed by atoms with Gasteiger partial charge in [0.25, 0.3) is 5.91 Å². The van der Waals surface area contributed by atoms with E-state index >= 15 is 0 Å². The fourth-order valence-electron chi connectivity index (χ4n) is 2.85. The number of carbonyl (C=O) groups is 1. The molecule has 0 atom stereocenters. The van der Waals surface area contributed by atoms with Gasteiger partial charge < -0.3 is 10.1 Å². The van der Waals surface area contributed by atoms with E-state index in [9.17, 15) is 13.2 Å². The number of methoxy groups -OCH3 is 1. The summed E-state index contributed by atoms with van der Waals surface area (Å²) in [7, 11) is -0.627. The zero-order chi connectivity index (χ0) is 22.4. The van der Waals surface area contributed by atoms with Crippen molar-refractivity contribution < 1.29 is 17.9 Å². The van der Waals surface area contributed by atoms with Crippen LogP contribution in [0.5, 0.6) is 5.75 Å². The largest absolute Gasteiger partial charge is 0.496 e. The smallest absolute Gasteiger partial charge is 0.254 e. The number of benzene rings is 2. The van der Waals surface area contributed by atoms with Crippen LogP contribution in [0.2, 0.25) is 0 Å². The number of aryl methyl sites for hydroxylation is 1. The van der Waals surface area contributed by atoms with Crippen LogP contribution in [0, 0.1) is 6.92 Å². The summed E-state index contributed by atoms with van der Waals surface area (Å²) in [5.41, 5.74) is 2.10. The van der Waals surface area contributed by atoms with Crippen molar-refractivity contribution >= 4 is 15.9 Å². The van der Waals surface area contributed by atoms with Gasteiger partial charge in [-0.25, -0.2) is 18.4 Å². The van der Waals surface area contributed by atoms with Gasteiger partial charge in [0.05, 0.1) is 24.1 Å². The molecule has 1 N–H and O–H groups in total. The number of carbonyl (C=O) groups excluding carboxylic acids is 1. The maximum absolute atomic E-state index is 12.7. The third kappa shape index (κ3) is 5.44. The number of para-hydroxylation sites is 1. The Kier molecular flexibility index (Phi) is 6.98. The molecule has 31 heavy (non-hydrogen) atoms. The van der Waals surface area contributed by atoms with Gasteiger partial charge >= 0.3 is 0 Å². The molecule has 2 aromatic carbocycles. The highest BCUT2D eigenvalue weighted by molar-refractivity contribution is 7.89. The third-order valence-corrected chi connectivity index (χ3v) is 6.51. The first kappa shape index (κ1) is 22.4. The predicted molar refractivity (Wildman–Crippen MR) is 116 cm³/mol. The molecule has 3 aromatic rings. The van der Waals surface area contributed by atoms with Gasteiger partial charge in [-0.3, -0.25) is 4.79 Å². The van der Waals surface area contributed by atoms with Crippen LogP contribution in [-0.2, 0) is 23.1 Å².